The Hall–Kier alpha value is -2.80. The van der Waals surface area contributed by atoms with E-state index in [0.717, 1.165) is 35.3 Å². The Balaban J connectivity index is 1.30. The average molecular weight is 392 g/mol. The van der Waals surface area contributed by atoms with Gasteiger partial charge in [0, 0.05) is 31.4 Å². The quantitative estimate of drug-likeness (QED) is 0.687. The molecule has 1 aromatic carbocycles. The van der Waals surface area contributed by atoms with Crippen LogP contribution in [0.15, 0.2) is 48.1 Å². The number of rotatable bonds is 3. The summed E-state index contributed by atoms with van der Waals surface area (Å²) in [5, 5.41) is 0. The third-order valence-corrected chi connectivity index (χ3v) is 6.69. The summed E-state index contributed by atoms with van der Waals surface area (Å²) >= 11 is 1.53. The summed E-state index contributed by atoms with van der Waals surface area (Å²) in [6.45, 7) is 2.40. The molecule has 0 bridgehead atoms. The normalized spacial score (nSPS) is 21.9. The van der Waals surface area contributed by atoms with Crippen molar-refractivity contribution in [2.24, 2.45) is 5.41 Å². The van der Waals surface area contributed by atoms with Crippen molar-refractivity contribution in [3.63, 3.8) is 0 Å². The van der Waals surface area contributed by atoms with Crippen LogP contribution in [0, 0.1) is 5.41 Å². The van der Waals surface area contributed by atoms with E-state index < -0.39 is 5.41 Å². The second kappa shape index (κ2) is 6.67. The van der Waals surface area contributed by atoms with Crippen LogP contribution in [-0.2, 0) is 11.3 Å². The van der Waals surface area contributed by atoms with Crippen LogP contribution >= 0.6 is 11.3 Å². The number of carbonyl (C=O) groups is 2. The standard InChI is InChI=1S/C21H20N4O2S/c26-19(15-4-5-17-18(11-15)28-14-23-17)25-10-7-21(13-25)6-9-24(20(21)27)12-16-3-1-2-8-22-16/h1-5,8,11,14H,6-7,9-10,12-13H2. The topological polar surface area (TPSA) is 66.4 Å². The van der Waals surface area contributed by atoms with Crippen LogP contribution in [0.4, 0.5) is 0 Å². The van der Waals surface area contributed by atoms with Crippen molar-refractivity contribution in [2.75, 3.05) is 19.6 Å². The van der Waals surface area contributed by atoms with Gasteiger partial charge in [0.1, 0.15) is 0 Å². The summed E-state index contributed by atoms with van der Waals surface area (Å²) < 4.78 is 1.01. The van der Waals surface area contributed by atoms with Crippen molar-refractivity contribution in [1.29, 1.82) is 0 Å². The molecule has 5 rings (SSSR count). The van der Waals surface area contributed by atoms with Gasteiger partial charge in [0.15, 0.2) is 0 Å². The number of aromatic nitrogens is 2. The van der Waals surface area contributed by atoms with Gasteiger partial charge in [-0.1, -0.05) is 6.07 Å². The van der Waals surface area contributed by atoms with Gasteiger partial charge in [0.2, 0.25) is 5.91 Å². The monoisotopic (exact) mass is 392 g/mol. The van der Waals surface area contributed by atoms with Gasteiger partial charge in [-0.05, 0) is 43.2 Å². The highest BCUT2D eigenvalue weighted by Gasteiger charge is 2.51. The van der Waals surface area contributed by atoms with E-state index >= 15 is 0 Å². The van der Waals surface area contributed by atoms with Crippen molar-refractivity contribution in [3.8, 4) is 0 Å². The van der Waals surface area contributed by atoms with Gasteiger partial charge < -0.3 is 9.80 Å². The summed E-state index contributed by atoms with van der Waals surface area (Å²) in [5.74, 6) is 0.162. The van der Waals surface area contributed by atoms with Gasteiger partial charge in [-0.3, -0.25) is 14.6 Å². The Morgan fingerprint density at radius 2 is 2.04 bits per heavy atom. The van der Waals surface area contributed by atoms with Crippen LogP contribution in [0.25, 0.3) is 10.2 Å². The molecule has 0 N–H and O–H groups in total. The van der Waals surface area contributed by atoms with Gasteiger partial charge >= 0.3 is 0 Å². The second-order valence-electron chi connectivity index (χ2n) is 7.59. The molecule has 0 aliphatic carbocycles. The van der Waals surface area contributed by atoms with Crippen LogP contribution in [-0.4, -0.2) is 51.2 Å². The van der Waals surface area contributed by atoms with E-state index in [4.69, 9.17) is 0 Å². The maximum atomic E-state index is 13.1. The molecule has 2 amide bonds. The van der Waals surface area contributed by atoms with Crippen LogP contribution in [0.5, 0.6) is 0 Å². The molecule has 7 heteroatoms. The van der Waals surface area contributed by atoms with Crippen LogP contribution in [0.3, 0.4) is 0 Å². The number of fused-ring (bicyclic) bond motifs is 1. The lowest BCUT2D eigenvalue weighted by Crippen LogP contribution is -2.38. The van der Waals surface area contributed by atoms with Gasteiger partial charge in [0.25, 0.3) is 5.91 Å². The Bertz CT molecular complexity index is 1050. The van der Waals surface area contributed by atoms with E-state index in [1.807, 2.05) is 46.2 Å². The molecule has 4 heterocycles. The van der Waals surface area contributed by atoms with Crippen molar-refractivity contribution in [3.05, 3.63) is 59.4 Å². The Morgan fingerprint density at radius 3 is 2.89 bits per heavy atom. The molecule has 0 saturated carbocycles. The molecule has 1 spiro atoms. The zero-order valence-electron chi connectivity index (χ0n) is 15.4. The van der Waals surface area contributed by atoms with Crippen molar-refractivity contribution in [1.82, 2.24) is 19.8 Å². The first-order valence-corrected chi connectivity index (χ1v) is 10.3. The van der Waals surface area contributed by atoms with E-state index in [1.165, 1.54) is 11.3 Å². The Kier molecular flexibility index (Phi) is 4.12. The summed E-state index contributed by atoms with van der Waals surface area (Å²) in [4.78, 5) is 38.5. The van der Waals surface area contributed by atoms with Gasteiger partial charge in [-0.25, -0.2) is 4.98 Å². The van der Waals surface area contributed by atoms with E-state index in [0.29, 0.717) is 25.2 Å². The third kappa shape index (κ3) is 2.86. The first-order valence-electron chi connectivity index (χ1n) is 9.46. The zero-order valence-corrected chi connectivity index (χ0v) is 16.2. The third-order valence-electron chi connectivity index (χ3n) is 5.90. The number of likely N-dealkylation sites (tertiary alicyclic amines) is 2. The summed E-state index contributed by atoms with van der Waals surface area (Å²) in [5.41, 5.74) is 3.84. The van der Waals surface area contributed by atoms with E-state index in [-0.39, 0.29) is 11.8 Å². The molecular formula is C21H20N4O2S. The predicted octanol–water partition coefficient (Wildman–Crippen LogP) is 2.96. The lowest BCUT2D eigenvalue weighted by molar-refractivity contribution is -0.135. The van der Waals surface area contributed by atoms with Gasteiger partial charge in [-0.15, -0.1) is 11.3 Å². The minimum absolute atomic E-state index is 0.00292. The van der Waals surface area contributed by atoms with Crippen molar-refractivity contribution >= 4 is 33.4 Å². The minimum atomic E-state index is -0.432. The molecule has 1 unspecified atom stereocenters. The Labute approximate surface area is 166 Å². The number of carbonyl (C=O) groups excluding carboxylic acids is 2. The highest BCUT2D eigenvalue weighted by atomic mass is 32.1. The summed E-state index contributed by atoms with van der Waals surface area (Å²) in [7, 11) is 0. The molecule has 3 aromatic rings. The highest BCUT2D eigenvalue weighted by Crippen LogP contribution is 2.41. The van der Waals surface area contributed by atoms with E-state index in [9.17, 15) is 9.59 Å². The molecule has 6 nitrogen and oxygen atoms in total. The van der Waals surface area contributed by atoms with Crippen molar-refractivity contribution in [2.45, 2.75) is 19.4 Å². The summed E-state index contributed by atoms with van der Waals surface area (Å²) in [6.07, 6.45) is 3.29. The zero-order chi connectivity index (χ0) is 19.1. The fourth-order valence-electron chi connectivity index (χ4n) is 4.33. The number of nitrogens with zero attached hydrogens (tertiary/aromatic N) is 4. The maximum absolute atomic E-state index is 13.1. The first kappa shape index (κ1) is 17.3. The molecule has 2 aliphatic rings. The SMILES string of the molecule is O=C(c1ccc2ncsc2c1)N1CCC2(CCN(Cc3ccccn3)C2=O)C1. The molecule has 142 valence electrons. The first-order chi connectivity index (χ1) is 13.6. The van der Waals surface area contributed by atoms with E-state index in [2.05, 4.69) is 9.97 Å². The lowest BCUT2D eigenvalue weighted by atomic mass is 9.85. The minimum Gasteiger partial charge on any atom is -0.338 e. The average Bonchev–Trinajstić information content (AvgIpc) is 3.44. The largest absolute Gasteiger partial charge is 0.338 e. The van der Waals surface area contributed by atoms with Crippen molar-refractivity contribution < 1.29 is 9.59 Å². The highest BCUT2D eigenvalue weighted by molar-refractivity contribution is 7.16. The number of benzene rings is 1. The molecule has 2 aromatic heterocycles. The van der Waals surface area contributed by atoms with Gasteiger partial charge in [-0.2, -0.15) is 0 Å². The number of pyridine rings is 1. The molecule has 2 saturated heterocycles. The number of amides is 2. The second-order valence-corrected chi connectivity index (χ2v) is 8.48. The Morgan fingerprint density at radius 1 is 1.14 bits per heavy atom. The molecule has 1 atom stereocenters. The fraction of sp³-hybridized carbons (Fsp3) is 0.333. The van der Waals surface area contributed by atoms with Crippen LogP contribution in [0.2, 0.25) is 0 Å². The maximum Gasteiger partial charge on any atom is 0.253 e. The molecule has 2 fully saturated rings. The number of hydrogen-bond donors (Lipinski definition) is 0. The number of hydrogen-bond acceptors (Lipinski definition) is 5. The number of thiazole rings is 1. The predicted molar refractivity (Wildman–Crippen MR) is 107 cm³/mol. The molecular weight excluding hydrogens is 372 g/mol. The van der Waals surface area contributed by atoms with Crippen LogP contribution < -0.4 is 0 Å². The smallest absolute Gasteiger partial charge is 0.253 e. The molecule has 2 aliphatic heterocycles. The van der Waals surface area contributed by atoms with Crippen LogP contribution in [0.1, 0.15) is 28.9 Å². The summed E-state index contributed by atoms with van der Waals surface area (Å²) in [6, 6.07) is 11.4. The molecule has 0 radical (unpaired) electrons. The fourth-order valence-corrected chi connectivity index (χ4v) is 5.04. The van der Waals surface area contributed by atoms with Gasteiger partial charge in [0.05, 0.1) is 33.4 Å². The molecule has 28 heavy (non-hydrogen) atoms. The van der Waals surface area contributed by atoms with E-state index in [1.54, 1.807) is 11.7 Å². The lowest BCUT2D eigenvalue weighted by Gasteiger charge is -2.23.